The van der Waals surface area contributed by atoms with E-state index in [9.17, 15) is 4.79 Å². The minimum atomic E-state index is -0.979. The van der Waals surface area contributed by atoms with Crippen molar-refractivity contribution in [3.05, 3.63) is 17.1 Å². The number of carboxylic acid groups (broad SMARTS) is 1. The summed E-state index contributed by atoms with van der Waals surface area (Å²) in [6.07, 6.45) is -0.196. The van der Waals surface area contributed by atoms with E-state index >= 15 is 0 Å². The van der Waals surface area contributed by atoms with Crippen molar-refractivity contribution in [2.75, 3.05) is 23.7 Å². The molecule has 1 unspecified atom stereocenters. The Bertz CT molecular complexity index is 670. The zero-order chi connectivity index (χ0) is 14.3. The highest BCUT2D eigenvalue weighted by Gasteiger charge is 2.27. The van der Waals surface area contributed by atoms with Gasteiger partial charge in [0.1, 0.15) is 5.52 Å². The predicted molar refractivity (Wildman–Crippen MR) is 80.5 cm³/mol. The molecule has 0 radical (unpaired) electrons. The lowest BCUT2D eigenvalue weighted by Crippen LogP contribution is -2.36. The molecule has 1 aliphatic rings. The first-order valence-electron chi connectivity index (χ1n) is 6.44. The molecule has 0 bridgehead atoms. The Morgan fingerprint density at radius 2 is 2.40 bits per heavy atom. The molecule has 106 valence electrons. The highest BCUT2D eigenvalue weighted by Crippen LogP contribution is 2.36. The van der Waals surface area contributed by atoms with Crippen molar-refractivity contribution in [3.63, 3.8) is 0 Å². The quantitative estimate of drug-likeness (QED) is 0.737. The molecule has 1 saturated heterocycles. The first kappa shape index (κ1) is 13.0. The monoisotopic (exact) mass is 292 g/mol. The van der Waals surface area contributed by atoms with Crippen LogP contribution in [-0.4, -0.2) is 35.3 Å². The summed E-state index contributed by atoms with van der Waals surface area (Å²) in [5.74, 6) is 0. The lowest BCUT2D eigenvalue weighted by atomic mass is 10.2. The third-order valence-corrected chi connectivity index (χ3v) is 4.44. The van der Waals surface area contributed by atoms with Crippen LogP contribution in [0.5, 0.6) is 0 Å². The maximum atomic E-state index is 10.7. The van der Waals surface area contributed by atoms with E-state index in [0.717, 1.165) is 33.9 Å². The van der Waals surface area contributed by atoms with Crippen molar-refractivity contribution >= 4 is 39.0 Å². The molecular formula is C13H16N4O2S. The Morgan fingerprint density at radius 1 is 1.60 bits per heavy atom. The summed E-state index contributed by atoms with van der Waals surface area (Å²) >= 11 is 1.64. The second-order valence-electron chi connectivity index (χ2n) is 4.96. The molecule has 4 N–H and O–H groups in total. The molecule has 1 aliphatic heterocycles. The second-order valence-corrected chi connectivity index (χ2v) is 6.20. The third kappa shape index (κ3) is 2.24. The van der Waals surface area contributed by atoms with E-state index in [1.165, 1.54) is 0 Å². The van der Waals surface area contributed by atoms with Crippen molar-refractivity contribution in [2.45, 2.75) is 19.4 Å². The van der Waals surface area contributed by atoms with E-state index in [1.54, 1.807) is 11.3 Å². The van der Waals surface area contributed by atoms with Crippen LogP contribution in [-0.2, 0) is 0 Å². The lowest BCUT2D eigenvalue weighted by Gasteiger charge is -2.21. The smallest absolute Gasteiger partial charge is 0.404 e. The number of nitrogen functional groups attached to an aromatic ring is 1. The standard InChI is InChI=1S/C13H16N4O2S/c1-7-15-11-10(20-7)3-2-9(14)12(11)17-5-4-8(6-17)16-13(18)19/h2-3,8,16H,4-6,14H2,1H3,(H,18,19). The fourth-order valence-electron chi connectivity index (χ4n) is 2.69. The van der Waals surface area contributed by atoms with Crippen LogP contribution in [0.15, 0.2) is 12.1 Å². The summed E-state index contributed by atoms with van der Waals surface area (Å²) in [5, 5.41) is 12.3. The summed E-state index contributed by atoms with van der Waals surface area (Å²) in [6, 6.07) is 3.83. The first-order chi connectivity index (χ1) is 9.54. The van der Waals surface area contributed by atoms with Gasteiger partial charge in [0.05, 0.1) is 27.1 Å². The van der Waals surface area contributed by atoms with E-state index in [4.69, 9.17) is 10.8 Å². The highest BCUT2D eigenvalue weighted by atomic mass is 32.1. The van der Waals surface area contributed by atoms with E-state index in [0.29, 0.717) is 12.2 Å². The molecule has 2 heterocycles. The number of aromatic nitrogens is 1. The molecule has 1 amide bonds. The number of nitrogens with zero attached hydrogens (tertiary/aromatic N) is 2. The molecule has 7 heteroatoms. The van der Waals surface area contributed by atoms with Gasteiger partial charge in [0.2, 0.25) is 0 Å². The van der Waals surface area contributed by atoms with Gasteiger partial charge < -0.3 is 21.1 Å². The van der Waals surface area contributed by atoms with Crippen LogP contribution < -0.4 is 16.0 Å². The highest BCUT2D eigenvalue weighted by molar-refractivity contribution is 7.18. The lowest BCUT2D eigenvalue weighted by molar-refractivity contribution is 0.191. The van der Waals surface area contributed by atoms with Crippen LogP contribution >= 0.6 is 11.3 Å². The van der Waals surface area contributed by atoms with Crippen LogP contribution in [0.4, 0.5) is 16.2 Å². The van der Waals surface area contributed by atoms with Gasteiger partial charge in [-0.25, -0.2) is 9.78 Å². The maximum Gasteiger partial charge on any atom is 0.404 e. The number of fused-ring (bicyclic) bond motifs is 1. The Hall–Kier alpha value is -2.02. The Kier molecular flexibility index (Phi) is 3.13. The number of nitrogens with two attached hydrogens (primary N) is 1. The molecule has 3 rings (SSSR count). The topological polar surface area (TPSA) is 91.5 Å². The van der Waals surface area contributed by atoms with E-state index in [-0.39, 0.29) is 6.04 Å². The van der Waals surface area contributed by atoms with Crippen LogP contribution in [0, 0.1) is 6.92 Å². The SMILES string of the molecule is Cc1nc2c(N3CCC(NC(=O)O)C3)c(N)ccc2s1. The van der Waals surface area contributed by atoms with Gasteiger partial charge >= 0.3 is 6.09 Å². The molecule has 2 aromatic rings. The van der Waals surface area contributed by atoms with Crippen LogP contribution in [0.2, 0.25) is 0 Å². The van der Waals surface area contributed by atoms with Crippen molar-refractivity contribution in [1.82, 2.24) is 10.3 Å². The zero-order valence-corrected chi connectivity index (χ0v) is 11.9. The summed E-state index contributed by atoms with van der Waals surface area (Å²) in [6.45, 7) is 3.39. The maximum absolute atomic E-state index is 10.7. The predicted octanol–water partition coefficient (Wildman–Crippen LogP) is 2.03. The van der Waals surface area contributed by atoms with Gasteiger partial charge in [0.25, 0.3) is 0 Å². The molecule has 1 atom stereocenters. The van der Waals surface area contributed by atoms with Gasteiger partial charge in [-0.1, -0.05) is 0 Å². The van der Waals surface area contributed by atoms with Gasteiger partial charge in [-0.05, 0) is 25.5 Å². The van der Waals surface area contributed by atoms with Crippen LogP contribution in [0.25, 0.3) is 10.2 Å². The third-order valence-electron chi connectivity index (χ3n) is 3.50. The molecule has 20 heavy (non-hydrogen) atoms. The number of hydrogen-bond acceptors (Lipinski definition) is 5. The normalized spacial score (nSPS) is 18.6. The van der Waals surface area contributed by atoms with Crippen LogP contribution in [0.1, 0.15) is 11.4 Å². The zero-order valence-electron chi connectivity index (χ0n) is 11.1. The fraction of sp³-hybridized carbons (Fsp3) is 0.385. The summed E-state index contributed by atoms with van der Waals surface area (Å²) in [5.41, 5.74) is 8.65. The molecule has 0 aliphatic carbocycles. The van der Waals surface area contributed by atoms with Crippen LogP contribution in [0.3, 0.4) is 0 Å². The number of hydrogen-bond donors (Lipinski definition) is 3. The van der Waals surface area contributed by atoms with Gasteiger partial charge in [-0.2, -0.15) is 0 Å². The molecule has 1 aromatic heterocycles. The minimum Gasteiger partial charge on any atom is -0.465 e. The minimum absolute atomic E-state index is 0.0538. The number of amides is 1. The molecular weight excluding hydrogens is 276 g/mol. The van der Waals surface area contributed by atoms with E-state index in [2.05, 4.69) is 15.2 Å². The fourth-order valence-corrected chi connectivity index (χ4v) is 3.52. The molecule has 0 saturated carbocycles. The van der Waals surface area contributed by atoms with Crippen molar-refractivity contribution in [3.8, 4) is 0 Å². The Labute approximate surface area is 120 Å². The number of carbonyl (C=O) groups is 1. The number of thiazole rings is 1. The van der Waals surface area contributed by atoms with E-state index < -0.39 is 6.09 Å². The largest absolute Gasteiger partial charge is 0.465 e. The Balaban J connectivity index is 1.94. The van der Waals surface area contributed by atoms with Gasteiger partial charge in [0.15, 0.2) is 0 Å². The van der Waals surface area contributed by atoms with Crippen molar-refractivity contribution < 1.29 is 9.90 Å². The number of anilines is 2. The molecule has 1 fully saturated rings. The average molecular weight is 292 g/mol. The Morgan fingerprint density at radius 3 is 3.15 bits per heavy atom. The van der Waals surface area contributed by atoms with Crippen molar-refractivity contribution in [2.24, 2.45) is 0 Å². The summed E-state index contributed by atoms with van der Waals surface area (Å²) in [7, 11) is 0. The molecule has 0 spiro atoms. The van der Waals surface area contributed by atoms with E-state index in [1.807, 2.05) is 19.1 Å². The van der Waals surface area contributed by atoms with Gasteiger partial charge in [-0.15, -0.1) is 11.3 Å². The molecule has 6 nitrogen and oxygen atoms in total. The second kappa shape index (κ2) is 4.82. The number of benzene rings is 1. The average Bonchev–Trinajstić information content (AvgIpc) is 2.94. The first-order valence-corrected chi connectivity index (χ1v) is 7.26. The van der Waals surface area contributed by atoms with Crippen molar-refractivity contribution in [1.29, 1.82) is 0 Å². The summed E-state index contributed by atoms with van der Waals surface area (Å²) in [4.78, 5) is 17.4. The van der Waals surface area contributed by atoms with Gasteiger partial charge in [-0.3, -0.25) is 0 Å². The van der Waals surface area contributed by atoms with Gasteiger partial charge in [0, 0.05) is 13.1 Å². The number of nitrogens with one attached hydrogen (secondary N) is 1. The number of aryl methyl sites for hydroxylation is 1. The molecule has 1 aromatic carbocycles. The number of rotatable bonds is 2. The summed E-state index contributed by atoms with van der Waals surface area (Å²) < 4.78 is 1.11.